The highest BCUT2D eigenvalue weighted by Gasteiger charge is 2.37. The van der Waals surface area contributed by atoms with Gasteiger partial charge in [0.05, 0.1) is 19.1 Å². The largest absolute Gasteiger partial charge is 0.496 e. The second kappa shape index (κ2) is 11.3. The Morgan fingerprint density at radius 2 is 1.78 bits per heavy atom. The zero-order chi connectivity index (χ0) is 26.6. The van der Waals surface area contributed by atoms with Gasteiger partial charge in [0.25, 0.3) is 0 Å². The average Bonchev–Trinajstić information content (AvgIpc) is 3.46. The number of rotatable bonds is 9. The number of thiophene rings is 1. The molecule has 0 radical (unpaired) electrons. The van der Waals surface area contributed by atoms with Gasteiger partial charge in [-0.05, 0) is 73.2 Å². The normalized spacial score (nSPS) is 16.5. The summed E-state index contributed by atoms with van der Waals surface area (Å²) in [5.41, 5.74) is 1.86. The van der Waals surface area contributed by atoms with Gasteiger partial charge in [0.2, 0.25) is 10.0 Å². The number of hydrogen-bond donors (Lipinski definition) is 1. The molecular weight excluding hydrogens is 514 g/mol. The van der Waals surface area contributed by atoms with Gasteiger partial charge in [-0.2, -0.15) is 4.31 Å². The van der Waals surface area contributed by atoms with Crippen molar-refractivity contribution in [3.05, 3.63) is 71.1 Å². The molecule has 1 N–H and O–H groups in total. The minimum Gasteiger partial charge on any atom is -0.496 e. The van der Waals surface area contributed by atoms with Gasteiger partial charge >= 0.3 is 5.97 Å². The smallest absolute Gasteiger partial charge is 0.322 e. The van der Waals surface area contributed by atoms with E-state index in [1.807, 2.05) is 23.6 Å². The van der Waals surface area contributed by atoms with E-state index in [9.17, 15) is 23.1 Å². The number of methoxy groups -OCH3 is 2. The van der Waals surface area contributed by atoms with Crippen molar-refractivity contribution in [3.63, 3.8) is 0 Å². The van der Waals surface area contributed by atoms with Crippen LogP contribution in [0.25, 0.3) is 16.5 Å². The summed E-state index contributed by atoms with van der Waals surface area (Å²) in [4.78, 5) is 25.4. The molecule has 8 nitrogen and oxygen atoms in total. The monoisotopic (exact) mass is 541 g/mol. The van der Waals surface area contributed by atoms with Gasteiger partial charge < -0.3 is 14.6 Å². The number of ether oxygens (including phenoxy) is 2. The molecule has 3 aromatic rings. The summed E-state index contributed by atoms with van der Waals surface area (Å²) in [6, 6.07) is 12.0. The van der Waals surface area contributed by atoms with Crippen LogP contribution in [0.2, 0.25) is 0 Å². The van der Waals surface area contributed by atoms with Crippen LogP contribution >= 0.6 is 11.3 Å². The van der Waals surface area contributed by atoms with Crippen molar-refractivity contribution in [1.29, 1.82) is 0 Å². The molecule has 10 heteroatoms. The average molecular weight is 542 g/mol. The van der Waals surface area contributed by atoms with Crippen molar-refractivity contribution in [2.45, 2.75) is 30.2 Å². The van der Waals surface area contributed by atoms with Crippen molar-refractivity contribution in [2.24, 2.45) is 0 Å². The van der Waals surface area contributed by atoms with E-state index in [-0.39, 0.29) is 23.6 Å². The quantitative estimate of drug-likeness (QED) is 0.301. The summed E-state index contributed by atoms with van der Waals surface area (Å²) in [6.45, 7) is 0.153. The molecule has 1 saturated heterocycles. The van der Waals surface area contributed by atoms with E-state index in [2.05, 4.69) is 0 Å². The fraction of sp³-hybridized carbons (Fsp3) is 0.259. The van der Waals surface area contributed by atoms with E-state index in [0.29, 0.717) is 35.5 Å². The van der Waals surface area contributed by atoms with Gasteiger partial charge in [-0.1, -0.05) is 6.07 Å². The van der Waals surface area contributed by atoms with Gasteiger partial charge in [0.1, 0.15) is 17.5 Å². The highest BCUT2D eigenvalue weighted by molar-refractivity contribution is 7.89. The van der Waals surface area contributed by atoms with Gasteiger partial charge in [0, 0.05) is 34.2 Å². The Morgan fingerprint density at radius 3 is 2.41 bits per heavy atom. The van der Waals surface area contributed by atoms with Crippen LogP contribution in [0.4, 0.5) is 0 Å². The molecule has 1 aromatic heterocycles. The number of piperidine rings is 1. The van der Waals surface area contributed by atoms with Crippen LogP contribution < -0.4 is 9.47 Å². The zero-order valence-corrected chi connectivity index (χ0v) is 22.1. The summed E-state index contributed by atoms with van der Waals surface area (Å²) in [6.07, 6.45) is 4.59. The van der Waals surface area contributed by atoms with Crippen LogP contribution in [-0.4, -0.2) is 56.4 Å². The molecule has 1 aliphatic heterocycles. The number of allylic oxidation sites excluding steroid dienone is 1. The summed E-state index contributed by atoms with van der Waals surface area (Å²) in [5.74, 6) is -0.284. The molecule has 0 saturated carbocycles. The Bertz CT molecular complexity index is 1410. The van der Waals surface area contributed by atoms with Gasteiger partial charge in [-0.3, -0.25) is 9.59 Å². The maximum Gasteiger partial charge on any atom is 0.322 e. The van der Waals surface area contributed by atoms with Crippen molar-refractivity contribution >= 4 is 39.2 Å². The number of carboxylic acids is 1. The van der Waals surface area contributed by atoms with Crippen LogP contribution in [0.1, 0.15) is 35.2 Å². The third kappa shape index (κ3) is 5.61. The lowest BCUT2D eigenvalue weighted by Crippen LogP contribution is -2.47. The standard InChI is InChI=1S/C27H27NO7S2/c1-34-24-17-25(35-2)21(26-7-5-15-36-26)16-19(24)10-13-23(29)18-8-11-20(12-9-18)37(32,33)28-14-4-3-6-22(28)27(30)31/h5,7-13,15-17,22H,3-4,6,14H2,1-2H3,(H,30,31)/b13-10+. The van der Waals surface area contributed by atoms with Crippen molar-refractivity contribution in [1.82, 2.24) is 4.31 Å². The molecule has 2 heterocycles. The molecule has 1 aliphatic rings. The number of benzene rings is 2. The first-order valence-corrected chi connectivity index (χ1v) is 13.9. The first kappa shape index (κ1) is 26.6. The second-order valence-electron chi connectivity index (χ2n) is 8.46. The van der Waals surface area contributed by atoms with Crippen molar-refractivity contribution < 1.29 is 32.6 Å². The summed E-state index contributed by atoms with van der Waals surface area (Å²) < 4.78 is 38.2. The van der Waals surface area contributed by atoms with E-state index in [1.165, 1.54) is 37.5 Å². The number of hydrogen-bond acceptors (Lipinski definition) is 7. The number of carbonyl (C=O) groups is 2. The summed E-state index contributed by atoms with van der Waals surface area (Å²) in [7, 11) is -0.878. The zero-order valence-electron chi connectivity index (χ0n) is 20.4. The SMILES string of the molecule is COc1cc(OC)c(-c2cccs2)cc1/C=C/C(=O)c1ccc(S(=O)(=O)N2CCCCC2C(=O)O)cc1. The van der Waals surface area contributed by atoms with E-state index < -0.39 is 22.0 Å². The minimum atomic E-state index is -4.00. The Kier molecular flexibility index (Phi) is 8.11. The molecule has 1 fully saturated rings. The third-order valence-corrected chi connectivity index (χ3v) is 9.06. The highest BCUT2D eigenvalue weighted by Crippen LogP contribution is 2.38. The molecule has 0 amide bonds. The maximum absolute atomic E-state index is 13.1. The Morgan fingerprint density at radius 1 is 1.05 bits per heavy atom. The second-order valence-corrected chi connectivity index (χ2v) is 11.3. The Hall–Kier alpha value is -3.47. The molecule has 37 heavy (non-hydrogen) atoms. The maximum atomic E-state index is 13.1. The number of carboxylic acid groups (broad SMARTS) is 1. The fourth-order valence-corrected chi connectivity index (χ4v) is 6.70. The lowest BCUT2D eigenvalue weighted by molar-refractivity contribution is -0.142. The number of nitrogens with zero attached hydrogens (tertiary/aromatic N) is 1. The number of carbonyl (C=O) groups excluding carboxylic acids is 1. The first-order valence-electron chi connectivity index (χ1n) is 11.6. The fourth-order valence-electron chi connectivity index (χ4n) is 4.31. The number of ketones is 1. The molecule has 1 unspecified atom stereocenters. The third-order valence-electron chi connectivity index (χ3n) is 6.24. The van der Waals surface area contributed by atoms with Crippen molar-refractivity contribution in [3.8, 4) is 21.9 Å². The predicted octanol–water partition coefficient (Wildman–Crippen LogP) is 4.96. The molecule has 4 rings (SSSR count). The Labute approximate surface area is 219 Å². The van der Waals surface area contributed by atoms with E-state index in [1.54, 1.807) is 30.6 Å². The minimum absolute atomic E-state index is 0.0430. The number of aliphatic carboxylic acids is 1. The van der Waals surface area contributed by atoms with Crippen LogP contribution in [0, 0.1) is 0 Å². The van der Waals surface area contributed by atoms with Crippen molar-refractivity contribution in [2.75, 3.05) is 20.8 Å². The highest BCUT2D eigenvalue weighted by atomic mass is 32.2. The lowest BCUT2D eigenvalue weighted by atomic mass is 10.0. The summed E-state index contributed by atoms with van der Waals surface area (Å²) >= 11 is 1.57. The van der Waals surface area contributed by atoms with Gasteiger partial charge in [-0.25, -0.2) is 8.42 Å². The van der Waals surface area contributed by atoms with Crippen LogP contribution in [0.5, 0.6) is 11.5 Å². The molecule has 0 bridgehead atoms. The van der Waals surface area contributed by atoms with E-state index in [4.69, 9.17) is 9.47 Å². The predicted molar refractivity (Wildman–Crippen MR) is 142 cm³/mol. The van der Waals surface area contributed by atoms with E-state index in [0.717, 1.165) is 14.7 Å². The molecule has 2 aromatic carbocycles. The Balaban J connectivity index is 1.57. The molecule has 1 atom stereocenters. The van der Waals surface area contributed by atoms with E-state index >= 15 is 0 Å². The van der Waals surface area contributed by atoms with Gasteiger partial charge in [0.15, 0.2) is 5.78 Å². The summed E-state index contributed by atoms with van der Waals surface area (Å²) in [5, 5.41) is 11.4. The first-order chi connectivity index (χ1) is 17.8. The lowest BCUT2D eigenvalue weighted by Gasteiger charge is -2.31. The topological polar surface area (TPSA) is 110 Å². The molecule has 0 aliphatic carbocycles. The van der Waals surface area contributed by atoms with Crippen LogP contribution in [-0.2, 0) is 14.8 Å². The number of sulfonamides is 1. The molecule has 0 spiro atoms. The van der Waals surface area contributed by atoms with Crippen LogP contribution in [0.15, 0.2) is 64.9 Å². The molecule has 194 valence electrons. The van der Waals surface area contributed by atoms with Crippen LogP contribution in [0.3, 0.4) is 0 Å². The van der Waals surface area contributed by atoms with Gasteiger partial charge in [-0.15, -0.1) is 11.3 Å². The molecular formula is C27H27NO7S2.